The van der Waals surface area contributed by atoms with Crippen LogP contribution in [0.5, 0.6) is 5.75 Å². The molecule has 0 unspecified atom stereocenters. The van der Waals surface area contributed by atoms with E-state index >= 15 is 0 Å². The second-order valence-electron chi connectivity index (χ2n) is 2.52. The molecule has 5 heteroatoms. The molecule has 1 aromatic carbocycles. The van der Waals surface area contributed by atoms with Crippen LogP contribution in [0.3, 0.4) is 0 Å². The van der Waals surface area contributed by atoms with Crippen LogP contribution >= 0.6 is 0 Å². The van der Waals surface area contributed by atoms with Crippen LogP contribution in [0.25, 0.3) is 5.69 Å². The van der Waals surface area contributed by atoms with Crippen molar-refractivity contribution in [2.75, 3.05) is 0 Å². The van der Waals surface area contributed by atoms with Gasteiger partial charge in [0.05, 0.1) is 5.69 Å². The Kier molecular flexibility index (Phi) is 1.70. The lowest BCUT2D eigenvalue weighted by Gasteiger charge is -2.00. The van der Waals surface area contributed by atoms with E-state index in [1.807, 2.05) is 0 Å². The number of phenols is 1. The number of nitrogens with zero attached hydrogens (tertiary/aromatic N) is 4. The number of aromatic nitrogens is 4. The highest BCUT2D eigenvalue weighted by Crippen LogP contribution is 2.12. The molecule has 1 N–H and O–H groups in total. The Labute approximate surface area is 74.6 Å². The third-order valence-corrected chi connectivity index (χ3v) is 1.63. The van der Waals surface area contributed by atoms with Crippen molar-refractivity contribution in [3.05, 3.63) is 37.0 Å². The van der Waals surface area contributed by atoms with Crippen molar-refractivity contribution >= 4 is 0 Å². The smallest absolute Gasteiger partial charge is 0.157 e. The van der Waals surface area contributed by atoms with Crippen molar-refractivity contribution in [1.29, 1.82) is 0 Å². The van der Waals surface area contributed by atoms with E-state index in [9.17, 15) is 0 Å². The molecule has 0 aliphatic heterocycles. The van der Waals surface area contributed by atoms with Gasteiger partial charge in [-0.2, -0.15) is 4.68 Å². The lowest BCUT2D eigenvalue weighted by molar-refractivity contribution is 0.475. The topological polar surface area (TPSA) is 63.8 Å². The minimum Gasteiger partial charge on any atom is -0.508 e. The van der Waals surface area contributed by atoms with Crippen molar-refractivity contribution in [3.63, 3.8) is 0 Å². The summed E-state index contributed by atoms with van der Waals surface area (Å²) in [5.74, 6) is 0.674. The van der Waals surface area contributed by atoms with Gasteiger partial charge in [-0.3, -0.25) is 0 Å². The largest absolute Gasteiger partial charge is 0.508 e. The molecule has 13 heavy (non-hydrogen) atoms. The first kappa shape index (κ1) is 7.72. The average molecular weight is 175 g/mol. The molecule has 1 radical (unpaired) electrons. The highest BCUT2D eigenvalue weighted by Gasteiger charge is 2.02. The van der Waals surface area contributed by atoms with E-state index in [0.717, 1.165) is 5.69 Å². The molecule has 2 rings (SSSR count). The number of hydrogen-bond acceptors (Lipinski definition) is 4. The average Bonchev–Trinajstić information content (AvgIpc) is 2.53. The molecule has 0 saturated carbocycles. The maximum Gasteiger partial charge on any atom is 0.157 e. The molecule has 0 aliphatic rings. The Morgan fingerprint density at radius 2 is 1.92 bits per heavy atom. The molecule has 0 spiro atoms. The molecule has 65 valence electrons. The summed E-state index contributed by atoms with van der Waals surface area (Å²) in [5, 5.41) is 19.9. The molecule has 0 atom stereocenters. The van der Waals surface area contributed by atoms with Crippen molar-refractivity contribution in [2.24, 2.45) is 0 Å². The van der Waals surface area contributed by atoms with Crippen LogP contribution in [0.4, 0.5) is 0 Å². The zero-order valence-electron chi connectivity index (χ0n) is 6.75. The van der Waals surface area contributed by atoms with E-state index in [1.165, 1.54) is 4.68 Å². The molecule has 0 amide bonds. The molecule has 1 aromatic heterocycles. The molecule has 0 saturated heterocycles. The van der Waals surface area contributed by atoms with Gasteiger partial charge in [-0.25, -0.2) is 0 Å². The SMILES string of the molecule is [CH2]c1nnnn1-c1ccc(O)cc1. The van der Waals surface area contributed by atoms with E-state index in [1.54, 1.807) is 24.3 Å². The predicted molar refractivity (Wildman–Crippen MR) is 45.3 cm³/mol. The summed E-state index contributed by atoms with van der Waals surface area (Å²) in [7, 11) is 0. The molecule has 0 fully saturated rings. The second-order valence-corrected chi connectivity index (χ2v) is 2.52. The normalized spacial score (nSPS) is 10.2. The number of rotatable bonds is 1. The van der Waals surface area contributed by atoms with Crippen LogP contribution in [0.1, 0.15) is 5.82 Å². The first-order valence-corrected chi connectivity index (χ1v) is 3.67. The van der Waals surface area contributed by atoms with E-state index in [0.29, 0.717) is 5.82 Å². The number of benzene rings is 1. The number of hydrogen-bond donors (Lipinski definition) is 1. The van der Waals surface area contributed by atoms with Gasteiger partial charge in [0.1, 0.15) is 5.75 Å². The highest BCUT2D eigenvalue weighted by molar-refractivity contribution is 5.36. The minimum absolute atomic E-state index is 0.211. The monoisotopic (exact) mass is 175 g/mol. The van der Waals surface area contributed by atoms with Crippen molar-refractivity contribution in [3.8, 4) is 11.4 Å². The van der Waals surface area contributed by atoms with Gasteiger partial charge in [-0.05, 0) is 34.7 Å². The third kappa shape index (κ3) is 1.35. The minimum atomic E-state index is 0.211. The van der Waals surface area contributed by atoms with Crippen molar-refractivity contribution < 1.29 is 5.11 Å². The third-order valence-electron chi connectivity index (χ3n) is 1.63. The molecular formula is C8H7N4O. The zero-order chi connectivity index (χ0) is 9.26. The van der Waals surface area contributed by atoms with Crippen LogP contribution in [0.2, 0.25) is 0 Å². The maximum atomic E-state index is 9.05. The van der Waals surface area contributed by atoms with Gasteiger partial charge in [-0.1, -0.05) is 0 Å². The Balaban J connectivity index is 2.47. The van der Waals surface area contributed by atoms with E-state index in [4.69, 9.17) is 5.11 Å². The summed E-state index contributed by atoms with van der Waals surface area (Å²) in [4.78, 5) is 0. The first-order chi connectivity index (χ1) is 6.27. The van der Waals surface area contributed by atoms with Crippen LogP contribution in [-0.2, 0) is 0 Å². The summed E-state index contributed by atoms with van der Waals surface area (Å²) in [6.45, 7) is 3.64. The molecule has 1 heterocycles. The fraction of sp³-hybridized carbons (Fsp3) is 0. The Morgan fingerprint density at radius 1 is 1.23 bits per heavy atom. The van der Waals surface area contributed by atoms with Gasteiger partial charge in [-0.15, -0.1) is 5.10 Å². The van der Waals surface area contributed by atoms with Crippen LogP contribution in [0, 0.1) is 6.92 Å². The fourth-order valence-corrected chi connectivity index (χ4v) is 1.00. The highest BCUT2D eigenvalue weighted by atomic mass is 16.3. The van der Waals surface area contributed by atoms with Crippen molar-refractivity contribution in [1.82, 2.24) is 20.2 Å². The Morgan fingerprint density at radius 3 is 2.46 bits per heavy atom. The molecule has 0 aliphatic carbocycles. The zero-order valence-corrected chi connectivity index (χ0v) is 6.75. The molecule has 2 aromatic rings. The molecular weight excluding hydrogens is 168 g/mol. The summed E-state index contributed by atoms with van der Waals surface area (Å²) >= 11 is 0. The number of phenolic OH excluding ortho intramolecular Hbond substituents is 1. The standard InChI is InChI=1S/C8H7N4O/c1-6-9-10-11-12(6)7-2-4-8(13)5-3-7/h2-5,13H,1H2. The summed E-state index contributed by atoms with van der Waals surface area (Å²) < 4.78 is 1.49. The molecule has 0 bridgehead atoms. The van der Waals surface area contributed by atoms with Crippen LogP contribution in [-0.4, -0.2) is 25.3 Å². The van der Waals surface area contributed by atoms with Gasteiger partial charge in [0.25, 0.3) is 0 Å². The lowest BCUT2D eigenvalue weighted by Crippen LogP contribution is -1.98. The Hall–Kier alpha value is -1.91. The number of aromatic hydroxyl groups is 1. The second kappa shape index (κ2) is 2.85. The summed E-state index contributed by atoms with van der Waals surface area (Å²) in [6, 6.07) is 6.55. The van der Waals surface area contributed by atoms with Crippen LogP contribution in [0.15, 0.2) is 24.3 Å². The number of tetrazole rings is 1. The van der Waals surface area contributed by atoms with E-state index in [2.05, 4.69) is 22.4 Å². The summed E-state index contributed by atoms with van der Waals surface area (Å²) in [6.07, 6.45) is 0. The molecule has 5 nitrogen and oxygen atoms in total. The Bertz CT molecular complexity index is 406. The van der Waals surface area contributed by atoms with Crippen LogP contribution < -0.4 is 0 Å². The fourth-order valence-electron chi connectivity index (χ4n) is 1.00. The van der Waals surface area contributed by atoms with Gasteiger partial charge in [0, 0.05) is 6.92 Å². The summed E-state index contributed by atoms with van der Waals surface area (Å²) in [5.41, 5.74) is 0.771. The quantitative estimate of drug-likeness (QED) is 0.687. The first-order valence-electron chi connectivity index (χ1n) is 3.67. The van der Waals surface area contributed by atoms with Gasteiger partial charge < -0.3 is 5.11 Å². The van der Waals surface area contributed by atoms with Crippen molar-refractivity contribution in [2.45, 2.75) is 0 Å². The van der Waals surface area contributed by atoms with Gasteiger partial charge in [0.2, 0.25) is 0 Å². The lowest BCUT2D eigenvalue weighted by atomic mass is 10.3. The van der Waals surface area contributed by atoms with E-state index < -0.39 is 0 Å². The maximum absolute atomic E-state index is 9.05. The van der Waals surface area contributed by atoms with Gasteiger partial charge in [0.15, 0.2) is 5.82 Å². The van der Waals surface area contributed by atoms with Gasteiger partial charge >= 0.3 is 0 Å². The van der Waals surface area contributed by atoms with E-state index in [-0.39, 0.29) is 5.75 Å². The predicted octanol–water partition coefficient (Wildman–Crippen LogP) is 0.550.